The number of carboxylic acids is 1. The first-order chi connectivity index (χ1) is 8.79. The zero-order valence-corrected chi connectivity index (χ0v) is 10.3. The highest BCUT2D eigenvalue weighted by atomic mass is 32.2. The van der Waals surface area contributed by atoms with Crippen LogP contribution in [0.4, 0.5) is 13.2 Å². The molecule has 0 saturated carbocycles. The van der Waals surface area contributed by atoms with Gasteiger partial charge in [-0.1, -0.05) is 6.07 Å². The standard InChI is InChI=1S/C11H10F3NO3S/c12-11(13,14)19-5-4-15-9(16)7-2-1-3-8(6-7)10(17)18/h1-3,6H,4-5H2,(H,15,16)(H,17,18). The fourth-order valence-electron chi connectivity index (χ4n) is 1.23. The molecule has 0 radical (unpaired) electrons. The van der Waals surface area contributed by atoms with Crippen molar-refractivity contribution >= 4 is 23.6 Å². The van der Waals surface area contributed by atoms with Crippen LogP contribution in [0.2, 0.25) is 0 Å². The van der Waals surface area contributed by atoms with E-state index in [2.05, 4.69) is 5.32 Å². The number of carbonyl (C=O) groups is 2. The number of amides is 1. The van der Waals surface area contributed by atoms with Crippen molar-refractivity contribution in [2.24, 2.45) is 0 Å². The molecule has 1 aromatic rings. The van der Waals surface area contributed by atoms with Crippen molar-refractivity contribution in [3.05, 3.63) is 35.4 Å². The summed E-state index contributed by atoms with van der Waals surface area (Å²) < 4.78 is 35.5. The third-order valence-electron chi connectivity index (χ3n) is 2.03. The molecule has 0 atom stereocenters. The molecule has 0 aliphatic heterocycles. The van der Waals surface area contributed by atoms with Gasteiger partial charge in [-0.15, -0.1) is 0 Å². The lowest BCUT2D eigenvalue weighted by molar-refractivity contribution is -0.0327. The van der Waals surface area contributed by atoms with Gasteiger partial charge in [0.05, 0.1) is 5.56 Å². The van der Waals surface area contributed by atoms with Gasteiger partial charge in [0.15, 0.2) is 0 Å². The molecule has 1 aromatic carbocycles. The number of aromatic carboxylic acids is 1. The Morgan fingerprint density at radius 2 is 1.89 bits per heavy atom. The van der Waals surface area contributed by atoms with Gasteiger partial charge in [0.25, 0.3) is 5.91 Å². The van der Waals surface area contributed by atoms with Crippen LogP contribution in [0.15, 0.2) is 24.3 Å². The number of hydrogen-bond donors (Lipinski definition) is 2. The predicted octanol–water partition coefficient (Wildman–Crippen LogP) is 2.37. The first kappa shape index (κ1) is 15.4. The van der Waals surface area contributed by atoms with Gasteiger partial charge in [-0.3, -0.25) is 4.79 Å². The number of carboxylic acid groups (broad SMARTS) is 1. The normalized spacial score (nSPS) is 11.1. The molecule has 104 valence electrons. The van der Waals surface area contributed by atoms with E-state index in [1.807, 2.05) is 0 Å². The van der Waals surface area contributed by atoms with Crippen LogP contribution in [-0.2, 0) is 0 Å². The quantitative estimate of drug-likeness (QED) is 0.818. The maximum absolute atomic E-state index is 11.8. The Bertz CT molecular complexity index is 476. The molecule has 0 aromatic heterocycles. The highest BCUT2D eigenvalue weighted by Crippen LogP contribution is 2.29. The molecule has 0 aliphatic rings. The summed E-state index contributed by atoms with van der Waals surface area (Å²) in [4.78, 5) is 22.2. The molecule has 0 heterocycles. The number of benzene rings is 1. The van der Waals surface area contributed by atoms with Gasteiger partial charge in [-0.05, 0) is 30.0 Å². The third-order valence-corrected chi connectivity index (χ3v) is 2.76. The number of thioether (sulfide) groups is 1. The molecule has 0 bridgehead atoms. The van der Waals surface area contributed by atoms with Gasteiger partial charge in [0.2, 0.25) is 0 Å². The topological polar surface area (TPSA) is 66.4 Å². The van der Waals surface area contributed by atoms with Gasteiger partial charge in [-0.25, -0.2) is 4.79 Å². The Hall–Kier alpha value is -1.70. The largest absolute Gasteiger partial charge is 0.478 e. The Morgan fingerprint density at radius 1 is 1.26 bits per heavy atom. The van der Waals surface area contributed by atoms with Gasteiger partial charge >= 0.3 is 11.5 Å². The van der Waals surface area contributed by atoms with E-state index in [1.54, 1.807) is 0 Å². The van der Waals surface area contributed by atoms with Crippen LogP contribution in [0, 0.1) is 0 Å². The first-order valence-corrected chi connectivity index (χ1v) is 6.10. The molecular weight excluding hydrogens is 283 g/mol. The number of carbonyl (C=O) groups excluding carboxylic acids is 1. The zero-order valence-electron chi connectivity index (χ0n) is 9.53. The second kappa shape index (κ2) is 6.46. The minimum Gasteiger partial charge on any atom is -0.478 e. The van der Waals surface area contributed by atoms with E-state index in [0.717, 1.165) is 6.07 Å². The molecule has 8 heteroatoms. The van der Waals surface area contributed by atoms with Crippen LogP contribution in [0.5, 0.6) is 0 Å². The molecule has 1 rings (SSSR count). The van der Waals surface area contributed by atoms with Crippen LogP contribution in [0.25, 0.3) is 0 Å². The molecule has 4 nitrogen and oxygen atoms in total. The van der Waals surface area contributed by atoms with Crippen molar-refractivity contribution in [2.75, 3.05) is 12.3 Å². The molecule has 2 N–H and O–H groups in total. The summed E-state index contributed by atoms with van der Waals surface area (Å²) >= 11 is -0.230. The molecular formula is C11H10F3NO3S. The maximum Gasteiger partial charge on any atom is 0.441 e. The Labute approximate surface area is 111 Å². The van der Waals surface area contributed by atoms with Crippen molar-refractivity contribution in [2.45, 2.75) is 5.51 Å². The molecule has 0 unspecified atom stereocenters. The lowest BCUT2D eigenvalue weighted by Crippen LogP contribution is -2.26. The van der Waals surface area contributed by atoms with E-state index < -0.39 is 17.4 Å². The molecule has 0 saturated heterocycles. The van der Waals surface area contributed by atoms with E-state index in [4.69, 9.17) is 5.11 Å². The monoisotopic (exact) mass is 293 g/mol. The highest BCUT2D eigenvalue weighted by molar-refractivity contribution is 8.00. The zero-order chi connectivity index (χ0) is 14.5. The van der Waals surface area contributed by atoms with Crippen molar-refractivity contribution in [3.8, 4) is 0 Å². The lowest BCUT2D eigenvalue weighted by Gasteiger charge is -2.07. The van der Waals surface area contributed by atoms with E-state index >= 15 is 0 Å². The summed E-state index contributed by atoms with van der Waals surface area (Å²) in [5.41, 5.74) is -4.29. The molecule has 0 aliphatic carbocycles. The predicted molar refractivity (Wildman–Crippen MR) is 64.2 cm³/mol. The summed E-state index contributed by atoms with van der Waals surface area (Å²) in [5, 5.41) is 11.0. The number of alkyl halides is 3. The fraction of sp³-hybridized carbons (Fsp3) is 0.273. The van der Waals surface area contributed by atoms with E-state index in [-0.39, 0.29) is 35.2 Å². The fourth-order valence-corrected chi connectivity index (χ4v) is 1.66. The van der Waals surface area contributed by atoms with Gasteiger partial charge in [0, 0.05) is 17.9 Å². The van der Waals surface area contributed by atoms with Crippen LogP contribution in [0.1, 0.15) is 20.7 Å². The first-order valence-electron chi connectivity index (χ1n) is 5.12. The summed E-state index contributed by atoms with van der Waals surface area (Å²) in [6.45, 7) is -0.152. The van der Waals surface area contributed by atoms with Crippen molar-refractivity contribution in [1.29, 1.82) is 0 Å². The van der Waals surface area contributed by atoms with Gasteiger partial charge < -0.3 is 10.4 Å². The Morgan fingerprint density at radius 3 is 2.47 bits per heavy atom. The third kappa shape index (κ3) is 5.64. The summed E-state index contributed by atoms with van der Waals surface area (Å²) in [6.07, 6.45) is 0. The summed E-state index contributed by atoms with van der Waals surface area (Å²) in [6, 6.07) is 5.26. The average molecular weight is 293 g/mol. The van der Waals surface area contributed by atoms with Crippen molar-refractivity contribution in [1.82, 2.24) is 5.32 Å². The van der Waals surface area contributed by atoms with Crippen LogP contribution in [-0.4, -0.2) is 34.8 Å². The number of halogens is 3. The molecule has 19 heavy (non-hydrogen) atoms. The summed E-state index contributed by atoms with van der Waals surface area (Å²) in [5.74, 6) is -2.08. The summed E-state index contributed by atoms with van der Waals surface area (Å²) in [7, 11) is 0. The number of hydrogen-bond acceptors (Lipinski definition) is 3. The average Bonchev–Trinajstić information content (AvgIpc) is 2.33. The van der Waals surface area contributed by atoms with Gasteiger partial charge in [-0.2, -0.15) is 13.2 Å². The minimum atomic E-state index is -4.33. The highest BCUT2D eigenvalue weighted by Gasteiger charge is 2.27. The number of rotatable bonds is 5. The second-order valence-corrected chi connectivity index (χ2v) is 4.60. The van der Waals surface area contributed by atoms with Crippen LogP contribution < -0.4 is 5.32 Å². The minimum absolute atomic E-state index is 0.0580. The number of nitrogens with one attached hydrogen (secondary N) is 1. The van der Waals surface area contributed by atoms with Crippen LogP contribution >= 0.6 is 11.8 Å². The lowest BCUT2D eigenvalue weighted by atomic mass is 10.1. The van der Waals surface area contributed by atoms with E-state index in [9.17, 15) is 22.8 Å². The maximum atomic E-state index is 11.8. The molecule has 0 spiro atoms. The smallest absolute Gasteiger partial charge is 0.441 e. The van der Waals surface area contributed by atoms with Crippen molar-refractivity contribution < 1.29 is 27.9 Å². The Kier molecular flexibility index (Phi) is 5.22. The van der Waals surface area contributed by atoms with Crippen LogP contribution in [0.3, 0.4) is 0 Å². The molecule has 0 fully saturated rings. The van der Waals surface area contributed by atoms with Gasteiger partial charge in [0.1, 0.15) is 0 Å². The van der Waals surface area contributed by atoms with E-state index in [1.165, 1.54) is 18.2 Å². The van der Waals surface area contributed by atoms with Crippen molar-refractivity contribution in [3.63, 3.8) is 0 Å². The molecule has 1 amide bonds. The SMILES string of the molecule is O=C(O)c1cccc(C(=O)NCCSC(F)(F)F)c1. The van der Waals surface area contributed by atoms with E-state index in [0.29, 0.717) is 0 Å². The second-order valence-electron chi connectivity index (χ2n) is 3.44. The Balaban J connectivity index is 2.50.